The molecule has 0 atom stereocenters. The first kappa shape index (κ1) is 13.7. The van der Waals surface area contributed by atoms with Crippen LogP contribution in [0.5, 0.6) is 0 Å². The van der Waals surface area contributed by atoms with Crippen molar-refractivity contribution in [3.05, 3.63) is 0 Å². The highest BCUT2D eigenvalue weighted by molar-refractivity contribution is 8.00. The van der Waals surface area contributed by atoms with Gasteiger partial charge in [-0.15, -0.1) is 25.3 Å². The summed E-state index contributed by atoms with van der Waals surface area (Å²) in [5, 5.41) is 9.19. The lowest BCUT2D eigenvalue weighted by Gasteiger charge is -2.14. The number of hydrogen-bond donors (Lipinski definition) is 3. The summed E-state index contributed by atoms with van der Waals surface area (Å²) in [6, 6.07) is 0. The van der Waals surface area contributed by atoms with Gasteiger partial charge in [-0.2, -0.15) is 0 Å². The van der Waals surface area contributed by atoms with Gasteiger partial charge in [-0.25, -0.2) is 0 Å². The van der Waals surface area contributed by atoms with E-state index in [1.165, 1.54) is 25.7 Å². The molecule has 0 spiro atoms. The molecule has 0 rings (SSSR count). The monoisotopic (exact) mass is 222 g/mol. The molecule has 0 amide bonds. The Labute approximate surface area is 93.1 Å². The van der Waals surface area contributed by atoms with Crippen LogP contribution in [0.2, 0.25) is 0 Å². The van der Waals surface area contributed by atoms with E-state index in [0.29, 0.717) is 6.42 Å². The third-order valence-electron chi connectivity index (χ3n) is 2.04. The zero-order valence-corrected chi connectivity index (χ0v) is 10.5. The van der Waals surface area contributed by atoms with E-state index in [9.17, 15) is 5.11 Å². The van der Waals surface area contributed by atoms with Gasteiger partial charge in [0.2, 0.25) is 0 Å². The molecule has 0 radical (unpaired) electrons. The molecule has 0 aliphatic carbocycles. The quantitative estimate of drug-likeness (QED) is 0.342. The Morgan fingerprint density at radius 3 is 2.08 bits per heavy atom. The maximum atomic E-state index is 9.19. The van der Waals surface area contributed by atoms with Crippen molar-refractivity contribution < 1.29 is 5.11 Å². The van der Waals surface area contributed by atoms with Crippen molar-refractivity contribution in [3.63, 3.8) is 0 Å². The normalized spacial score (nSPS) is 12.5. The second kappa shape index (κ2) is 7.02. The molecule has 0 aliphatic rings. The van der Waals surface area contributed by atoms with Gasteiger partial charge in [0.1, 0.15) is 0 Å². The molecule has 0 aromatic carbocycles. The molecule has 13 heavy (non-hydrogen) atoms. The summed E-state index contributed by atoms with van der Waals surface area (Å²) in [5.41, 5.74) is 0. The first-order valence-electron chi connectivity index (χ1n) is 5.09. The first-order chi connectivity index (χ1) is 5.92. The van der Waals surface area contributed by atoms with Gasteiger partial charge in [-0.3, -0.25) is 0 Å². The summed E-state index contributed by atoms with van der Waals surface area (Å²) >= 11 is 7.86. The van der Waals surface area contributed by atoms with E-state index in [4.69, 9.17) is 0 Å². The number of unbranched alkanes of at least 4 members (excludes halogenated alkanes) is 3. The summed E-state index contributed by atoms with van der Waals surface area (Å²) in [7, 11) is 0. The van der Waals surface area contributed by atoms with E-state index < -0.39 is 4.27 Å². The second-order valence-electron chi connectivity index (χ2n) is 4.12. The number of thiol groups is 2. The van der Waals surface area contributed by atoms with Crippen LogP contribution in [0, 0.1) is 5.92 Å². The number of aliphatic hydroxyl groups is 1. The van der Waals surface area contributed by atoms with Gasteiger partial charge < -0.3 is 5.11 Å². The first-order valence-corrected chi connectivity index (χ1v) is 5.98. The Balaban J connectivity index is 3.09. The highest BCUT2D eigenvalue weighted by Gasteiger charge is 2.13. The Morgan fingerprint density at radius 2 is 1.62 bits per heavy atom. The molecule has 0 aliphatic heterocycles. The molecule has 3 heteroatoms. The van der Waals surface area contributed by atoms with Gasteiger partial charge in [-0.1, -0.05) is 39.5 Å². The van der Waals surface area contributed by atoms with Crippen molar-refractivity contribution in [2.75, 3.05) is 0 Å². The van der Waals surface area contributed by atoms with E-state index in [1.54, 1.807) is 0 Å². The lowest BCUT2D eigenvalue weighted by Crippen LogP contribution is -2.10. The van der Waals surface area contributed by atoms with Crippen LogP contribution in [0.3, 0.4) is 0 Å². The van der Waals surface area contributed by atoms with Crippen molar-refractivity contribution in [2.45, 2.75) is 56.6 Å². The van der Waals surface area contributed by atoms with Gasteiger partial charge in [-0.05, 0) is 18.8 Å². The van der Waals surface area contributed by atoms with Crippen LogP contribution in [0.1, 0.15) is 52.4 Å². The molecular formula is C10H22OS2. The van der Waals surface area contributed by atoms with E-state index in [0.717, 1.165) is 12.3 Å². The largest absolute Gasteiger partial charge is 0.371 e. The highest BCUT2D eigenvalue weighted by atomic mass is 32.2. The molecule has 0 fully saturated rings. The van der Waals surface area contributed by atoms with Crippen molar-refractivity contribution in [2.24, 2.45) is 5.92 Å². The molecule has 80 valence electrons. The standard InChI is InChI=1S/C10H22OS2/c1-9(2)7-5-3-4-6-8-10(11,12)13/h9,11-13H,3-8H2,1-2H3. The zero-order chi connectivity index (χ0) is 10.3. The lowest BCUT2D eigenvalue weighted by molar-refractivity contribution is 0.219. The number of rotatable bonds is 7. The topological polar surface area (TPSA) is 20.2 Å². The van der Waals surface area contributed by atoms with Crippen LogP contribution in [-0.2, 0) is 0 Å². The minimum absolute atomic E-state index is 0.668. The van der Waals surface area contributed by atoms with Crippen LogP contribution < -0.4 is 0 Å². The fraction of sp³-hybridized carbons (Fsp3) is 1.00. The zero-order valence-electron chi connectivity index (χ0n) is 8.66. The maximum Gasteiger partial charge on any atom is 0.151 e. The van der Waals surface area contributed by atoms with Crippen LogP contribution >= 0.6 is 25.3 Å². The van der Waals surface area contributed by atoms with Crippen molar-refractivity contribution in [3.8, 4) is 0 Å². The molecule has 0 aromatic rings. The maximum absolute atomic E-state index is 9.19. The average Bonchev–Trinajstić information content (AvgIpc) is 1.93. The van der Waals surface area contributed by atoms with Crippen LogP contribution in [0.15, 0.2) is 0 Å². The Morgan fingerprint density at radius 1 is 1.08 bits per heavy atom. The van der Waals surface area contributed by atoms with Crippen LogP contribution in [-0.4, -0.2) is 9.37 Å². The minimum atomic E-state index is -1.07. The van der Waals surface area contributed by atoms with E-state index in [-0.39, 0.29) is 0 Å². The fourth-order valence-electron chi connectivity index (χ4n) is 1.27. The Bertz CT molecular complexity index is 119. The van der Waals surface area contributed by atoms with E-state index >= 15 is 0 Å². The second-order valence-corrected chi connectivity index (χ2v) is 5.95. The Kier molecular flexibility index (Phi) is 7.37. The smallest absolute Gasteiger partial charge is 0.151 e. The third kappa shape index (κ3) is 12.7. The molecule has 0 aromatic heterocycles. The predicted octanol–water partition coefficient (Wildman–Crippen LogP) is 3.49. The summed E-state index contributed by atoms with van der Waals surface area (Å²) in [6.45, 7) is 4.50. The van der Waals surface area contributed by atoms with Crippen LogP contribution in [0.4, 0.5) is 0 Å². The molecule has 1 nitrogen and oxygen atoms in total. The summed E-state index contributed by atoms with van der Waals surface area (Å²) in [5.74, 6) is 0.812. The van der Waals surface area contributed by atoms with Gasteiger partial charge in [0, 0.05) is 0 Å². The summed E-state index contributed by atoms with van der Waals surface area (Å²) < 4.78 is -1.07. The SMILES string of the molecule is CC(C)CCCCCCC(O)(S)S. The molecule has 0 saturated carbocycles. The molecule has 0 bridgehead atoms. The number of hydrogen-bond acceptors (Lipinski definition) is 3. The third-order valence-corrected chi connectivity index (χ3v) is 2.49. The summed E-state index contributed by atoms with van der Waals surface area (Å²) in [4.78, 5) is 0. The predicted molar refractivity (Wildman–Crippen MR) is 65.5 cm³/mol. The fourth-order valence-corrected chi connectivity index (χ4v) is 1.58. The summed E-state index contributed by atoms with van der Waals surface area (Å²) in [6.07, 6.45) is 6.73. The Hall–Kier alpha value is 0.660. The highest BCUT2D eigenvalue weighted by Crippen LogP contribution is 2.23. The van der Waals surface area contributed by atoms with Crippen molar-refractivity contribution in [1.29, 1.82) is 0 Å². The van der Waals surface area contributed by atoms with Gasteiger partial charge in [0.15, 0.2) is 4.27 Å². The van der Waals surface area contributed by atoms with Gasteiger partial charge >= 0.3 is 0 Å². The van der Waals surface area contributed by atoms with E-state index in [2.05, 4.69) is 39.1 Å². The molecule has 1 N–H and O–H groups in total. The molecule has 0 heterocycles. The van der Waals surface area contributed by atoms with Crippen LogP contribution in [0.25, 0.3) is 0 Å². The minimum Gasteiger partial charge on any atom is -0.371 e. The van der Waals surface area contributed by atoms with E-state index in [1.807, 2.05) is 0 Å². The average molecular weight is 222 g/mol. The molecular weight excluding hydrogens is 200 g/mol. The van der Waals surface area contributed by atoms with Crippen molar-refractivity contribution >= 4 is 25.3 Å². The lowest BCUT2D eigenvalue weighted by atomic mass is 10.0. The van der Waals surface area contributed by atoms with Gasteiger partial charge in [0.25, 0.3) is 0 Å². The molecule has 0 unspecified atom stereocenters. The van der Waals surface area contributed by atoms with Crippen molar-refractivity contribution in [1.82, 2.24) is 0 Å². The van der Waals surface area contributed by atoms with Gasteiger partial charge in [0.05, 0.1) is 0 Å². The molecule has 0 saturated heterocycles.